The Bertz CT molecular complexity index is 805. The van der Waals surface area contributed by atoms with E-state index in [0.29, 0.717) is 17.3 Å². The molecule has 0 spiro atoms. The number of rotatable bonds is 3. The maximum atomic E-state index is 12.2. The number of urea groups is 1. The van der Waals surface area contributed by atoms with Crippen LogP contribution in [0.2, 0.25) is 5.02 Å². The van der Waals surface area contributed by atoms with Crippen molar-refractivity contribution in [2.45, 2.75) is 26.3 Å². The summed E-state index contributed by atoms with van der Waals surface area (Å²) in [6.07, 6.45) is 0.288. The number of hydrogen-bond acceptors (Lipinski definition) is 2. The molecule has 0 aromatic heterocycles. The summed E-state index contributed by atoms with van der Waals surface area (Å²) in [5, 5.41) is 6.21. The highest BCUT2D eigenvalue weighted by molar-refractivity contribution is 6.31. The normalized spacial score (nSPS) is 16.8. The Kier molecular flexibility index (Phi) is 4.95. The Balaban J connectivity index is 1.62. The number of nitrogens with one attached hydrogen (secondary N) is 2. The van der Waals surface area contributed by atoms with Gasteiger partial charge in [-0.15, -0.1) is 0 Å². The zero-order chi connectivity index (χ0) is 18.0. The molecule has 0 bridgehead atoms. The van der Waals surface area contributed by atoms with Gasteiger partial charge in [0, 0.05) is 29.4 Å². The molecule has 0 saturated carbocycles. The lowest BCUT2D eigenvalue weighted by Crippen LogP contribution is -2.39. The number of halogens is 1. The summed E-state index contributed by atoms with van der Waals surface area (Å²) in [7, 11) is 0. The van der Waals surface area contributed by atoms with Gasteiger partial charge in [-0.25, -0.2) is 4.79 Å². The number of hydrogen-bond donors (Lipinski definition) is 2. The molecule has 0 radical (unpaired) electrons. The summed E-state index contributed by atoms with van der Waals surface area (Å²) in [5.41, 5.74) is 3.57. The number of aryl methyl sites for hydroxylation is 2. The topological polar surface area (TPSA) is 61.4 Å². The lowest BCUT2D eigenvalue weighted by atomic mass is 10.2. The minimum absolute atomic E-state index is 0.00749. The van der Waals surface area contributed by atoms with E-state index in [2.05, 4.69) is 10.6 Å². The van der Waals surface area contributed by atoms with E-state index in [1.807, 2.05) is 44.2 Å². The maximum absolute atomic E-state index is 12.2. The SMILES string of the molecule is Cc1ccc(N2C[C@@H](NC(=O)Nc3cc(Cl)ccc3C)CC2=O)cc1. The quantitative estimate of drug-likeness (QED) is 0.875. The molecule has 1 atom stereocenters. The van der Waals surface area contributed by atoms with E-state index in [4.69, 9.17) is 11.6 Å². The minimum Gasteiger partial charge on any atom is -0.333 e. The van der Waals surface area contributed by atoms with Crippen LogP contribution in [-0.4, -0.2) is 24.5 Å². The predicted molar refractivity (Wildman–Crippen MR) is 100 cm³/mol. The Morgan fingerprint density at radius 1 is 1.16 bits per heavy atom. The Hall–Kier alpha value is -2.53. The van der Waals surface area contributed by atoms with Crippen LogP contribution in [0, 0.1) is 13.8 Å². The average molecular weight is 358 g/mol. The van der Waals surface area contributed by atoms with Gasteiger partial charge in [0.1, 0.15) is 0 Å². The van der Waals surface area contributed by atoms with Gasteiger partial charge in [0.05, 0.1) is 6.04 Å². The summed E-state index contributed by atoms with van der Waals surface area (Å²) in [6.45, 7) is 4.36. The first-order chi connectivity index (χ1) is 11.9. The summed E-state index contributed by atoms with van der Waals surface area (Å²) >= 11 is 5.96. The van der Waals surface area contributed by atoms with Crippen LogP contribution in [-0.2, 0) is 4.79 Å². The Morgan fingerprint density at radius 3 is 2.60 bits per heavy atom. The van der Waals surface area contributed by atoms with Crippen molar-refractivity contribution >= 4 is 34.9 Å². The van der Waals surface area contributed by atoms with Gasteiger partial charge >= 0.3 is 6.03 Å². The molecule has 0 unspecified atom stereocenters. The van der Waals surface area contributed by atoms with Crippen molar-refractivity contribution in [3.8, 4) is 0 Å². The van der Waals surface area contributed by atoms with Crippen molar-refractivity contribution in [2.75, 3.05) is 16.8 Å². The van der Waals surface area contributed by atoms with Crippen molar-refractivity contribution < 1.29 is 9.59 Å². The summed E-state index contributed by atoms with van der Waals surface area (Å²) in [4.78, 5) is 26.2. The van der Waals surface area contributed by atoms with Crippen molar-refractivity contribution in [3.05, 3.63) is 58.6 Å². The fraction of sp³-hybridized carbons (Fsp3) is 0.263. The number of carbonyl (C=O) groups excluding carboxylic acids is 2. The first kappa shape index (κ1) is 17.3. The minimum atomic E-state index is -0.339. The summed E-state index contributed by atoms with van der Waals surface area (Å²) in [6, 6.07) is 12.5. The Morgan fingerprint density at radius 2 is 1.88 bits per heavy atom. The number of anilines is 2. The smallest absolute Gasteiger partial charge is 0.319 e. The third-order valence-corrected chi connectivity index (χ3v) is 4.49. The van der Waals surface area contributed by atoms with Crippen LogP contribution in [0.4, 0.5) is 16.2 Å². The molecule has 1 aliphatic rings. The molecular formula is C19H20ClN3O2. The van der Waals surface area contributed by atoms with Gasteiger partial charge in [-0.1, -0.05) is 35.4 Å². The van der Waals surface area contributed by atoms with E-state index < -0.39 is 0 Å². The second-order valence-corrected chi connectivity index (χ2v) is 6.74. The van der Waals surface area contributed by atoms with E-state index in [9.17, 15) is 9.59 Å². The van der Waals surface area contributed by atoms with E-state index in [-0.39, 0.29) is 24.4 Å². The van der Waals surface area contributed by atoms with Crippen molar-refractivity contribution in [1.82, 2.24) is 5.32 Å². The monoisotopic (exact) mass is 357 g/mol. The molecular weight excluding hydrogens is 338 g/mol. The Labute approximate surface area is 152 Å². The fourth-order valence-electron chi connectivity index (χ4n) is 2.85. The van der Waals surface area contributed by atoms with E-state index in [0.717, 1.165) is 16.8 Å². The lowest BCUT2D eigenvalue weighted by Gasteiger charge is -2.18. The van der Waals surface area contributed by atoms with E-state index in [1.54, 1.807) is 17.0 Å². The van der Waals surface area contributed by atoms with Crippen LogP contribution in [0.5, 0.6) is 0 Å². The summed E-state index contributed by atoms with van der Waals surface area (Å²) < 4.78 is 0. The van der Waals surface area contributed by atoms with Crippen LogP contribution in [0.25, 0.3) is 0 Å². The predicted octanol–water partition coefficient (Wildman–Crippen LogP) is 3.88. The lowest BCUT2D eigenvalue weighted by molar-refractivity contribution is -0.117. The van der Waals surface area contributed by atoms with Crippen molar-refractivity contribution in [1.29, 1.82) is 0 Å². The highest BCUT2D eigenvalue weighted by Gasteiger charge is 2.31. The summed E-state index contributed by atoms with van der Waals surface area (Å²) in [5.74, 6) is 0.00749. The van der Waals surface area contributed by atoms with Gasteiger partial charge in [0.15, 0.2) is 0 Å². The second-order valence-electron chi connectivity index (χ2n) is 6.30. The van der Waals surface area contributed by atoms with Crippen LogP contribution in [0.3, 0.4) is 0 Å². The maximum Gasteiger partial charge on any atom is 0.319 e. The van der Waals surface area contributed by atoms with Crippen LogP contribution in [0.1, 0.15) is 17.5 Å². The molecule has 1 saturated heterocycles. The molecule has 2 aromatic rings. The third kappa shape index (κ3) is 4.12. The molecule has 0 aliphatic carbocycles. The third-order valence-electron chi connectivity index (χ3n) is 4.25. The molecule has 25 heavy (non-hydrogen) atoms. The molecule has 6 heteroatoms. The first-order valence-corrected chi connectivity index (χ1v) is 8.51. The van der Waals surface area contributed by atoms with Gasteiger partial charge < -0.3 is 15.5 Å². The molecule has 1 fully saturated rings. The van der Waals surface area contributed by atoms with Gasteiger partial charge in [-0.3, -0.25) is 4.79 Å². The fourth-order valence-corrected chi connectivity index (χ4v) is 3.02. The van der Waals surface area contributed by atoms with Crippen molar-refractivity contribution in [3.63, 3.8) is 0 Å². The molecule has 2 N–H and O–H groups in total. The zero-order valence-corrected chi connectivity index (χ0v) is 14.9. The van der Waals surface area contributed by atoms with Gasteiger partial charge in [0.2, 0.25) is 5.91 Å². The largest absolute Gasteiger partial charge is 0.333 e. The zero-order valence-electron chi connectivity index (χ0n) is 14.2. The molecule has 5 nitrogen and oxygen atoms in total. The van der Waals surface area contributed by atoms with Gasteiger partial charge in [-0.05, 0) is 43.7 Å². The van der Waals surface area contributed by atoms with Gasteiger partial charge in [-0.2, -0.15) is 0 Å². The molecule has 130 valence electrons. The van der Waals surface area contributed by atoms with Crippen LogP contribution >= 0.6 is 11.6 Å². The van der Waals surface area contributed by atoms with Crippen LogP contribution < -0.4 is 15.5 Å². The molecule has 3 rings (SSSR count). The molecule has 1 aliphatic heterocycles. The first-order valence-electron chi connectivity index (χ1n) is 8.13. The van der Waals surface area contributed by atoms with E-state index in [1.165, 1.54) is 0 Å². The number of amides is 3. The highest BCUT2D eigenvalue weighted by Crippen LogP contribution is 2.23. The second kappa shape index (κ2) is 7.15. The number of carbonyl (C=O) groups is 2. The van der Waals surface area contributed by atoms with Crippen molar-refractivity contribution in [2.24, 2.45) is 0 Å². The molecule has 1 heterocycles. The highest BCUT2D eigenvalue weighted by atomic mass is 35.5. The average Bonchev–Trinajstić information content (AvgIpc) is 2.92. The standard InChI is InChI=1S/C19H20ClN3O2/c1-12-3-7-16(8-4-12)23-11-15(10-18(23)24)21-19(25)22-17-9-14(20)6-5-13(17)2/h3-9,15H,10-11H2,1-2H3,(H2,21,22,25)/t15-/m0/s1. The number of nitrogens with zero attached hydrogens (tertiary/aromatic N) is 1. The van der Waals surface area contributed by atoms with Crippen LogP contribution in [0.15, 0.2) is 42.5 Å². The van der Waals surface area contributed by atoms with Gasteiger partial charge in [0.25, 0.3) is 0 Å². The molecule has 2 aromatic carbocycles. The van der Waals surface area contributed by atoms with E-state index >= 15 is 0 Å². The number of benzene rings is 2. The molecule has 3 amide bonds.